The van der Waals surface area contributed by atoms with E-state index in [1.54, 1.807) is 0 Å². The van der Waals surface area contributed by atoms with E-state index in [1.165, 1.54) is 82.1 Å². The number of hydrogen-bond acceptors (Lipinski definition) is 3. The second-order valence-corrected chi connectivity index (χ2v) is 7.45. The van der Waals surface area contributed by atoms with Crippen molar-refractivity contribution in [1.82, 2.24) is 0 Å². The van der Waals surface area contributed by atoms with Crippen molar-refractivity contribution in [1.29, 1.82) is 0 Å². The highest BCUT2D eigenvalue weighted by atomic mass is 32.2. The molecule has 2 unspecified atom stereocenters. The van der Waals surface area contributed by atoms with E-state index in [0.29, 0.717) is 12.2 Å². The summed E-state index contributed by atoms with van der Waals surface area (Å²) in [6.45, 7) is 2.01. The van der Waals surface area contributed by atoms with Gasteiger partial charge in [-0.05, 0) is 62.9 Å². The lowest BCUT2D eigenvalue weighted by Crippen LogP contribution is -2.04. The Morgan fingerprint density at radius 3 is 1.80 bits per heavy atom. The van der Waals surface area contributed by atoms with Gasteiger partial charge in [-0.1, -0.05) is 19.3 Å². The fraction of sp³-hybridized carbons (Fsp3) is 1.00. The predicted molar refractivity (Wildman–Crippen MR) is 87.6 cm³/mol. The molecule has 0 N–H and O–H groups in total. The van der Waals surface area contributed by atoms with Gasteiger partial charge in [-0.15, -0.1) is 0 Å². The van der Waals surface area contributed by atoms with Crippen LogP contribution in [0, 0.1) is 0 Å². The minimum absolute atomic E-state index is 0.595. The molecule has 0 bridgehead atoms. The Morgan fingerprint density at radius 1 is 0.700 bits per heavy atom. The average molecular weight is 301 g/mol. The van der Waals surface area contributed by atoms with E-state index in [-0.39, 0.29) is 0 Å². The van der Waals surface area contributed by atoms with Gasteiger partial charge in [0.1, 0.15) is 0 Å². The van der Waals surface area contributed by atoms with E-state index in [0.717, 1.165) is 13.2 Å². The van der Waals surface area contributed by atoms with Crippen LogP contribution in [0.4, 0.5) is 0 Å². The molecule has 0 aliphatic carbocycles. The van der Waals surface area contributed by atoms with Crippen LogP contribution in [0.5, 0.6) is 0 Å². The van der Waals surface area contributed by atoms with Gasteiger partial charge in [-0.25, -0.2) is 0 Å². The SMILES string of the molecule is C(CCSCCCCC1CCCO1)CCC1CCCO1. The largest absolute Gasteiger partial charge is 0.378 e. The van der Waals surface area contributed by atoms with E-state index < -0.39 is 0 Å². The highest BCUT2D eigenvalue weighted by Crippen LogP contribution is 2.20. The van der Waals surface area contributed by atoms with Crippen LogP contribution >= 0.6 is 11.8 Å². The zero-order chi connectivity index (χ0) is 13.9. The van der Waals surface area contributed by atoms with Crippen molar-refractivity contribution >= 4 is 11.8 Å². The first-order valence-corrected chi connectivity index (χ1v) is 9.91. The molecule has 20 heavy (non-hydrogen) atoms. The first-order chi connectivity index (χ1) is 9.95. The first-order valence-electron chi connectivity index (χ1n) is 8.76. The van der Waals surface area contributed by atoms with Crippen LogP contribution in [0.2, 0.25) is 0 Å². The summed E-state index contributed by atoms with van der Waals surface area (Å²) in [6.07, 6.45) is 15.8. The van der Waals surface area contributed by atoms with Crippen LogP contribution < -0.4 is 0 Å². The summed E-state index contributed by atoms with van der Waals surface area (Å²) in [7, 11) is 0. The third-order valence-electron chi connectivity index (χ3n) is 4.43. The Morgan fingerprint density at radius 2 is 1.25 bits per heavy atom. The predicted octanol–water partition coefficient (Wildman–Crippen LogP) is 4.81. The Kier molecular flexibility index (Phi) is 9.08. The molecule has 3 heteroatoms. The minimum Gasteiger partial charge on any atom is -0.378 e. The quantitative estimate of drug-likeness (QED) is 0.510. The van der Waals surface area contributed by atoms with Gasteiger partial charge in [0.25, 0.3) is 0 Å². The lowest BCUT2D eigenvalue weighted by molar-refractivity contribution is 0.102. The molecule has 0 aromatic heterocycles. The molecule has 2 atom stereocenters. The molecule has 0 radical (unpaired) electrons. The highest BCUT2D eigenvalue weighted by molar-refractivity contribution is 7.99. The van der Waals surface area contributed by atoms with Crippen molar-refractivity contribution in [2.75, 3.05) is 24.7 Å². The summed E-state index contributed by atoms with van der Waals surface area (Å²) in [5, 5.41) is 0. The number of thioether (sulfide) groups is 1. The minimum atomic E-state index is 0.595. The van der Waals surface area contributed by atoms with Crippen LogP contribution in [-0.2, 0) is 9.47 Å². The van der Waals surface area contributed by atoms with Gasteiger partial charge in [-0.3, -0.25) is 0 Å². The fourth-order valence-corrected chi connectivity index (χ4v) is 4.20. The molecule has 2 heterocycles. The van der Waals surface area contributed by atoms with E-state index >= 15 is 0 Å². The molecule has 0 amide bonds. The van der Waals surface area contributed by atoms with Crippen molar-refractivity contribution in [2.24, 2.45) is 0 Å². The molecule has 0 saturated carbocycles. The molecule has 2 saturated heterocycles. The Labute approximate surface area is 129 Å². The summed E-state index contributed by atoms with van der Waals surface area (Å²) in [4.78, 5) is 0. The first kappa shape index (κ1) is 16.6. The van der Waals surface area contributed by atoms with Crippen molar-refractivity contribution < 1.29 is 9.47 Å². The lowest BCUT2D eigenvalue weighted by Gasteiger charge is -2.09. The molecule has 2 rings (SSSR count). The summed E-state index contributed by atoms with van der Waals surface area (Å²) >= 11 is 2.15. The second-order valence-electron chi connectivity index (χ2n) is 6.23. The van der Waals surface area contributed by atoms with Crippen LogP contribution in [0.25, 0.3) is 0 Å². The normalized spacial score (nSPS) is 26.4. The zero-order valence-corrected chi connectivity index (χ0v) is 13.8. The summed E-state index contributed by atoms with van der Waals surface area (Å²) in [5.74, 6) is 2.70. The van der Waals surface area contributed by atoms with Crippen molar-refractivity contribution in [2.45, 2.75) is 82.8 Å². The van der Waals surface area contributed by atoms with Crippen LogP contribution in [0.1, 0.15) is 70.6 Å². The average Bonchev–Trinajstić information content (AvgIpc) is 3.14. The molecule has 2 aliphatic rings. The maximum Gasteiger partial charge on any atom is 0.0576 e. The summed E-state index contributed by atoms with van der Waals surface area (Å²) < 4.78 is 11.3. The standard InChI is InChI=1S/C17H32O2S/c1(2-8-16-10-6-12-18-16)4-14-20-15-5-3-9-17-11-7-13-19-17/h16-17H,1-15H2. The molecular weight excluding hydrogens is 268 g/mol. The van der Waals surface area contributed by atoms with E-state index in [2.05, 4.69) is 11.8 Å². The van der Waals surface area contributed by atoms with Gasteiger partial charge in [0.05, 0.1) is 12.2 Å². The monoisotopic (exact) mass is 300 g/mol. The summed E-state index contributed by atoms with van der Waals surface area (Å²) in [6, 6.07) is 0. The summed E-state index contributed by atoms with van der Waals surface area (Å²) in [5.41, 5.74) is 0. The molecular formula is C17H32O2S. The maximum absolute atomic E-state index is 5.65. The number of hydrogen-bond donors (Lipinski definition) is 0. The van der Waals surface area contributed by atoms with Crippen molar-refractivity contribution in [3.8, 4) is 0 Å². The molecule has 0 aromatic carbocycles. The van der Waals surface area contributed by atoms with Gasteiger partial charge in [0.15, 0.2) is 0 Å². The fourth-order valence-electron chi connectivity index (χ4n) is 3.18. The van der Waals surface area contributed by atoms with Gasteiger partial charge in [0.2, 0.25) is 0 Å². The third-order valence-corrected chi connectivity index (χ3v) is 5.58. The Balaban J connectivity index is 1.26. The molecule has 118 valence electrons. The molecule has 2 nitrogen and oxygen atoms in total. The molecule has 0 aromatic rings. The topological polar surface area (TPSA) is 18.5 Å². The number of ether oxygens (including phenoxy) is 2. The number of rotatable bonds is 11. The Hall–Kier alpha value is 0.270. The second kappa shape index (κ2) is 10.9. The van der Waals surface area contributed by atoms with Crippen molar-refractivity contribution in [3.63, 3.8) is 0 Å². The molecule has 0 spiro atoms. The zero-order valence-electron chi connectivity index (χ0n) is 13.0. The number of unbranched alkanes of at least 4 members (excludes halogenated alkanes) is 3. The highest BCUT2D eigenvalue weighted by Gasteiger charge is 2.15. The Bertz CT molecular complexity index is 199. The van der Waals surface area contributed by atoms with Gasteiger partial charge < -0.3 is 9.47 Å². The van der Waals surface area contributed by atoms with Crippen LogP contribution in [0.3, 0.4) is 0 Å². The third kappa shape index (κ3) is 7.33. The van der Waals surface area contributed by atoms with Crippen LogP contribution in [0.15, 0.2) is 0 Å². The van der Waals surface area contributed by atoms with E-state index in [1.807, 2.05) is 0 Å². The smallest absolute Gasteiger partial charge is 0.0576 e. The van der Waals surface area contributed by atoms with Crippen LogP contribution in [-0.4, -0.2) is 36.9 Å². The lowest BCUT2D eigenvalue weighted by atomic mass is 10.1. The van der Waals surface area contributed by atoms with Gasteiger partial charge in [-0.2, -0.15) is 11.8 Å². The van der Waals surface area contributed by atoms with E-state index in [4.69, 9.17) is 9.47 Å². The van der Waals surface area contributed by atoms with Gasteiger partial charge in [0, 0.05) is 13.2 Å². The maximum atomic E-state index is 5.65. The van der Waals surface area contributed by atoms with Gasteiger partial charge >= 0.3 is 0 Å². The molecule has 2 fully saturated rings. The van der Waals surface area contributed by atoms with Crippen molar-refractivity contribution in [3.05, 3.63) is 0 Å². The molecule has 2 aliphatic heterocycles. The van der Waals surface area contributed by atoms with E-state index in [9.17, 15) is 0 Å².